The average molecular weight is 413 g/mol. The fraction of sp³-hybridized carbons (Fsp3) is 0.160. The highest BCUT2D eigenvalue weighted by molar-refractivity contribution is 7.99. The molecule has 0 aromatic heterocycles. The number of thioether (sulfide) groups is 1. The molecular weight excluding hydrogens is 394 g/mol. The number of carbonyl (C=O) groups excluding carboxylic acids is 3. The van der Waals surface area contributed by atoms with Crippen LogP contribution in [-0.4, -0.2) is 22.7 Å². The Kier molecular flexibility index (Phi) is 4.55. The van der Waals surface area contributed by atoms with Gasteiger partial charge in [-0.05, 0) is 24.1 Å². The third-order valence-electron chi connectivity index (χ3n) is 5.80. The molecule has 1 heterocycles. The lowest BCUT2D eigenvalue weighted by molar-refractivity contribution is -0.110. The van der Waals surface area contributed by atoms with Gasteiger partial charge in [0.15, 0.2) is 11.6 Å². The second-order valence-corrected chi connectivity index (χ2v) is 8.89. The van der Waals surface area contributed by atoms with Crippen LogP contribution < -0.4 is 5.32 Å². The summed E-state index contributed by atoms with van der Waals surface area (Å²) in [6.07, 6.45) is 7.19. The van der Waals surface area contributed by atoms with Gasteiger partial charge in [0.05, 0.1) is 11.1 Å². The zero-order valence-corrected chi connectivity index (χ0v) is 16.9. The van der Waals surface area contributed by atoms with Crippen LogP contribution in [0.4, 0.5) is 0 Å². The highest BCUT2D eigenvalue weighted by Crippen LogP contribution is 2.48. The summed E-state index contributed by atoms with van der Waals surface area (Å²) in [4.78, 5) is 38.6. The smallest absolute Gasteiger partial charge is 0.210 e. The molecule has 5 heteroatoms. The Balaban J connectivity index is 1.56. The summed E-state index contributed by atoms with van der Waals surface area (Å²) >= 11 is 1.70. The summed E-state index contributed by atoms with van der Waals surface area (Å²) in [6.45, 7) is 0. The third kappa shape index (κ3) is 3.06. The van der Waals surface area contributed by atoms with Gasteiger partial charge in [-0.15, -0.1) is 11.8 Å². The van der Waals surface area contributed by atoms with E-state index >= 15 is 0 Å². The predicted octanol–water partition coefficient (Wildman–Crippen LogP) is 4.25. The summed E-state index contributed by atoms with van der Waals surface area (Å²) in [6, 6.07) is 17.1. The topological polar surface area (TPSA) is 63.2 Å². The summed E-state index contributed by atoms with van der Waals surface area (Å²) in [7, 11) is 0. The number of allylic oxidation sites excluding steroid dienone is 6. The van der Waals surface area contributed by atoms with Gasteiger partial charge in [0.25, 0.3) is 0 Å². The summed E-state index contributed by atoms with van der Waals surface area (Å²) in [5, 5.41) is 3.27. The molecule has 30 heavy (non-hydrogen) atoms. The number of nitrogens with one attached hydrogen (secondary N) is 1. The van der Waals surface area contributed by atoms with Crippen LogP contribution in [-0.2, 0) is 10.5 Å². The third-order valence-corrected chi connectivity index (χ3v) is 6.99. The maximum Gasteiger partial charge on any atom is 0.210 e. The van der Waals surface area contributed by atoms with E-state index in [0.717, 1.165) is 5.75 Å². The summed E-state index contributed by atoms with van der Waals surface area (Å²) in [5.74, 6) is 0.360. The van der Waals surface area contributed by atoms with Crippen molar-refractivity contribution in [1.29, 1.82) is 0 Å². The first kappa shape index (κ1) is 18.8. The monoisotopic (exact) mass is 413 g/mol. The average Bonchev–Trinajstić information content (AvgIpc) is 2.78. The molecule has 2 aliphatic carbocycles. The fourth-order valence-electron chi connectivity index (χ4n) is 4.33. The van der Waals surface area contributed by atoms with Crippen molar-refractivity contribution in [3.63, 3.8) is 0 Å². The molecule has 2 aromatic carbocycles. The minimum atomic E-state index is -0.761. The van der Waals surface area contributed by atoms with E-state index in [1.165, 1.54) is 17.7 Å². The molecule has 148 valence electrons. The van der Waals surface area contributed by atoms with Crippen molar-refractivity contribution < 1.29 is 14.4 Å². The van der Waals surface area contributed by atoms with Gasteiger partial charge in [0.1, 0.15) is 0 Å². The first-order chi connectivity index (χ1) is 14.6. The normalized spacial score (nSPS) is 21.5. The Bertz CT molecular complexity index is 1140. The van der Waals surface area contributed by atoms with Crippen molar-refractivity contribution in [2.24, 2.45) is 5.41 Å². The molecule has 0 fully saturated rings. The van der Waals surface area contributed by atoms with Crippen molar-refractivity contribution in [2.75, 3.05) is 0 Å². The molecule has 1 spiro atoms. The molecular formula is C25H19NO3S. The van der Waals surface area contributed by atoms with Gasteiger partial charge in [-0.25, -0.2) is 0 Å². The zero-order chi connectivity index (χ0) is 20.7. The van der Waals surface area contributed by atoms with E-state index in [-0.39, 0.29) is 22.7 Å². The van der Waals surface area contributed by atoms with E-state index in [1.54, 1.807) is 48.2 Å². The van der Waals surface area contributed by atoms with E-state index in [9.17, 15) is 14.4 Å². The Morgan fingerprint density at radius 3 is 2.20 bits per heavy atom. The van der Waals surface area contributed by atoms with Crippen LogP contribution in [0.3, 0.4) is 0 Å². The number of fused-ring (bicyclic) bond motifs is 2. The maximum atomic E-state index is 13.4. The molecule has 4 nitrogen and oxygen atoms in total. The van der Waals surface area contributed by atoms with Gasteiger partial charge in [-0.2, -0.15) is 0 Å². The molecule has 5 rings (SSSR count). The second-order valence-electron chi connectivity index (χ2n) is 7.70. The summed E-state index contributed by atoms with van der Waals surface area (Å²) < 4.78 is 0. The first-order valence-electron chi connectivity index (χ1n) is 9.85. The molecule has 0 radical (unpaired) electrons. The van der Waals surface area contributed by atoms with Gasteiger partial charge >= 0.3 is 0 Å². The molecule has 1 atom stereocenters. The zero-order valence-electron chi connectivity index (χ0n) is 16.1. The lowest BCUT2D eigenvalue weighted by Gasteiger charge is -2.42. The number of benzene rings is 2. The second kappa shape index (κ2) is 7.26. The Morgan fingerprint density at radius 1 is 0.867 bits per heavy atom. The maximum absolute atomic E-state index is 13.4. The Morgan fingerprint density at radius 2 is 1.50 bits per heavy atom. The number of rotatable bonds is 3. The van der Waals surface area contributed by atoms with E-state index in [0.29, 0.717) is 28.8 Å². The molecule has 1 unspecified atom stereocenters. The first-order valence-corrected chi connectivity index (χ1v) is 10.9. The molecule has 0 saturated carbocycles. The van der Waals surface area contributed by atoms with Gasteiger partial charge in [-0.1, -0.05) is 66.7 Å². The van der Waals surface area contributed by atoms with Crippen molar-refractivity contribution in [3.8, 4) is 0 Å². The lowest BCUT2D eigenvalue weighted by atomic mass is 9.66. The van der Waals surface area contributed by atoms with E-state index in [1.807, 2.05) is 18.2 Å². The van der Waals surface area contributed by atoms with E-state index in [2.05, 4.69) is 17.4 Å². The van der Waals surface area contributed by atoms with Gasteiger partial charge in [-0.3, -0.25) is 14.4 Å². The molecule has 1 aliphatic heterocycles. The van der Waals surface area contributed by atoms with Crippen LogP contribution in [0.1, 0.15) is 32.7 Å². The predicted molar refractivity (Wildman–Crippen MR) is 117 cm³/mol. The molecule has 3 aliphatic rings. The van der Waals surface area contributed by atoms with Crippen molar-refractivity contribution in [3.05, 3.63) is 107 Å². The van der Waals surface area contributed by atoms with Crippen LogP contribution >= 0.6 is 11.8 Å². The molecule has 0 amide bonds. The van der Waals surface area contributed by atoms with Crippen molar-refractivity contribution >= 4 is 29.1 Å². The minimum Gasteiger partial charge on any atom is -0.370 e. The van der Waals surface area contributed by atoms with E-state index < -0.39 is 5.41 Å². The fourth-order valence-corrected chi connectivity index (χ4v) is 5.51. The van der Waals surface area contributed by atoms with Crippen LogP contribution in [0.15, 0.2) is 90.2 Å². The number of hydrogen-bond acceptors (Lipinski definition) is 5. The SMILES string of the molecule is O=C1C=CC2(C=C1)CC(SCc1ccccc1)NC1=C2C(=O)c2ccccc2C1=O. The number of carbonyl (C=O) groups is 3. The quantitative estimate of drug-likeness (QED) is 0.815. The lowest BCUT2D eigenvalue weighted by Crippen LogP contribution is -2.47. The number of hydrogen-bond donors (Lipinski definition) is 1. The number of ketones is 3. The van der Waals surface area contributed by atoms with Gasteiger partial charge in [0.2, 0.25) is 5.78 Å². The van der Waals surface area contributed by atoms with Crippen molar-refractivity contribution in [2.45, 2.75) is 17.5 Å². The largest absolute Gasteiger partial charge is 0.370 e. The van der Waals surface area contributed by atoms with Gasteiger partial charge < -0.3 is 5.32 Å². The molecule has 2 aromatic rings. The van der Waals surface area contributed by atoms with Crippen LogP contribution in [0, 0.1) is 5.41 Å². The highest BCUT2D eigenvalue weighted by Gasteiger charge is 2.47. The van der Waals surface area contributed by atoms with E-state index in [4.69, 9.17) is 0 Å². The standard InChI is InChI=1S/C25H19NO3S/c27-17-10-12-25(13-11-17)14-20(30-15-16-6-2-1-3-7-16)26-22-21(25)23(28)18-8-4-5-9-19(18)24(22)29/h1-13,20,26H,14-15H2. The van der Waals surface area contributed by atoms with Crippen LogP contribution in [0.2, 0.25) is 0 Å². The molecule has 0 bridgehead atoms. The van der Waals surface area contributed by atoms with Crippen molar-refractivity contribution in [1.82, 2.24) is 5.32 Å². The summed E-state index contributed by atoms with van der Waals surface area (Å²) in [5.41, 5.74) is 2.10. The minimum absolute atomic E-state index is 0.0755. The Hall–Kier alpha value is -3.18. The Labute approximate surface area is 178 Å². The number of Topliss-reactive ketones (excluding diaryl/α,β-unsaturated/α-hetero) is 2. The van der Waals surface area contributed by atoms with Crippen LogP contribution in [0.25, 0.3) is 0 Å². The highest BCUT2D eigenvalue weighted by atomic mass is 32.2. The molecule has 0 saturated heterocycles. The van der Waals surface area contributed by atoms with Gasteiger partial charge in [0, 0.05) is 27.9 Å². The van der Waals surface area contributed by atoms with Crippen LogP contribution in [0.5, 0.6) is 0 Å². The molecule has 1 N–H and O–H groups in total.